The number of carbonyl (C=O) groups is 2. The Morgan fingerprint density at radius 3 is 2.26 bits per heavy atom. The Labute approximate surface area is 248 Å². The van der Waals surface area contributed by atoms with Crippen LogP contribution in [0, 0.1) is 5.92 Å². The van der Waals surface area contributed by atoms with Crippen LogP contribution in [0.2, 0.25) is 0 Å². The highest BCUT2D eigenvalue weighted by molar-refractivity contribution is 7.89. The summed E-state index contributed by atoms with van der Waals surface area (Å²) in [5.41, 5.74) is 2.91. The fraction of sp³-hybridized carbons (Fsp3) is 0.375. The molecule has 1 aliphatic rings. The zero-order valence-corrected chi connectivity index (χ0v) is 25.0. The highest BCUT2D eigenvalue weighted by Crippen LogP contribution is 2.28. The molecule has 10 heteroatoms. The molecule has 0 spiro atoms. The third kappa shape index (κ3) is 8.33. The fourth-order valence-electron chi connectivity index (χ4n) is 5.11. The molecule has 3 aromatic rings. The lowest BCUT2D eigenvalue weighted by atomic mass is 9.97. The van der Waals surface area contributed by atoms with Crippen LogP contribution in [0.3, 0.4) is 0 Å². The smallest absolute Gasteiger partial charge is 0.253 e. The van der Waals surface area contributed by atoms with Gasteiger partial charge in [0.15, 0.2) is 11.5 Å². The Balaban J connectivity index is 1.26. The Kier molecular flexibility index (Phi) is 11.0. The van der Waals surface area contributed by atoms with Gasteiger partial charge < -0.3 is 20.1 Å². The third-order valence-corrected chi connectivity index (χ3v) is 9.46. The first-order valence-corrected chi connectivity index (χ1v) is 15.8. The Bertz CT molecular complexity index is 1450. The molecular weight excluding hydrogens is 554 g/mol. The minimum atomic E-state index is -3.38. The number of aryl methyl sites for hydroxylation is 1. The van der Waals surface area contributed by atoms with E-state index in [0.29, 0.717) is 74.5 Å². The van der Waals surface area contributed by atoms with Crippen LogP contribution in [0.5, 0.6) is 11.5 Å². The van der Waals surface area contributed by atoms with Gasteiger partial charge in [0.25, 0.3) is 5.91 Å². The monoisotopic (exact) mass is 593 g/mol. The molecule has 0 atom stereocenters. The summed E-state index contributed by atoms with van der Waals surface area (Å²) in [5.74, 6) is 0.529. The number of rotatable bonds is 13. The molecule has 0 unspecified atom stereocenters. The average Bonchev–Trinajstić information content (AvgIpc) is 3.01. The number of hydrogen-bond donors (Lipinski definition) is 2. The molecule has 0 aliphatic carbocycles. The van der Waals surface area contributed by atoms with E-state index in [1.807, 2.05) is 48.5 Å². The summed E-state index contributed by atoms with van der Waals surface area (Å²) in [6, 6.07) is 22.4. The van der Waals surface area contributed by atoms with Gasteiger partial charge in [0, 0.05) is 25.6 Å². The number of ether oxygens (including phenoxy) is 2. The molecule has 1 saturated heterocycles. The number of piperidine rings is 1. The maximum atomic E-state index is 13.1. The molecular formula is C32H39N3O6S. The number of carbonyl (C=O) groups excluding carboxylic acids is 2. The van der Waals surface area contributed by atoms with Crippen molar-refractivity contribution in [2.24, 2.45) is 5.92 Å². The van der Waals surface area contributed by atoms with E-state index in [9.17, 15) is 18.0 Å². The van der Waals surface area contributed by atoms with Gasteiger partial charge in [-0.25, -0.2) is 12.7 Å². The lowest BCUT2D eigenvalue weighted by Gasteiger charge is -2.30. The molecule has 2 N–H and O–H groups in total. The van der Waals surface area contributed by atoms with Crippen molar-refractivity contribution in [3.63, 3.8) is 0 Å². The number of hydrogen-bond acceptors (Lipinski definition) is 6. The van der Waals surface area contributed by atoms with Gasteiger partial charge in [-0.3, -0.25) is 9.59 Å². The van der Waals surface area contributed by atoms with E-state index in [0.717, 1.165) is 11.1 Å². The van der Waals surface area contributed by atoms with Crippen LogP contribution in [-0.2, 0) is 27.7 Å². The Hall–Kier alpha value is -3.89. The van der Waals surface area contributed by atoms with Gasteiger partial charge in [0.1, 0.15) is 0 Å². The zero-order chi connectivity index (χ0) is 30.0. The average molecular weight is 594 g/mol. The summed E-state index contributed by atoms with van der Waals surface area (Å²) in [5, 5.41) is 5.83. The number of nitrogens with zero attached hydrogens (tertiary/aromatic N) is 1. The largest absolute Gasteiger partial charge is 0.493 e. The van der Waals surface area contributed by atoms with Crippen molar-refractivity contribution in [1.82, 2.24) is 9.62 Å². The van der Waals surface area contributed by atoms with E-state index < -0.39 is 10.0 Å². The van der Waals surface area contributed by atoms with Gasteiger partial charge in [0.2, 0.25) is 15.9 Å². The first-order valence-electron chi connectivity index (χ1n) is 14.2. The molecule has 3 aromatic carbocycles. The third-order valence-electron chi connectivity index (χ3n) is 7.51. The quantitative estimate of drug-likeness (QED) is 0.306. The standard InChI is InChI=1S/C32H39N3O6S/c1-40-29-15-14-25(23-30(29)41-2)16-19-33-32(37)27-12-6-7-13-28(27)34-31(36)26-17-20-35(21-18-26)42(38,39)22-8-11-24-9-4-3-5-10-24/h3-7,9-10,12-15,23,26H,8,11,16-22H2,1-2H3,(H,33,37)(H,34,36). The van der Waals surface area contributed by atoms with Crippen LogP contribution >= 0.6 is 0 Å². The molecule has 224 valence electrons. The SMILES string of the molecule is COc1ccc(CCNC(=O)c2ccccc2NC(=O)C2CCN(S(=O)(=O)CCCc3ccccc3)CC2)cc1OC. The molecule has 42 heavy (non-hydrogen) atoms. The van der Waals surface area contributed by atoms with Gasteiger partial charge in [-0.2, -0.15) is 0 Å². The van der Waals surface area contributed by atoms with Gasteiger partial charge in [-0.15, -0.1) is 0 Å². The zero-order valence-electron chi connectivity index (χ0n) is 24.2. The number of sulfonamides is 1. The molecule has 1 fully saturated rings. The highest BCUT2D eigenvalue weighted by atomic mass is 32.2. The number of benzene rings is 3. The molecule has 0 aromatic heterocycles. The summed E-state index contributed by atoms with van der Waals surface area (Å²) >= 11 is 0. The lowest BCUT2D eigenvalue weighted by molar-refractivity contribution is -0.120. The molecule has 1 heterocycles. The lowest BCUT2D eigenvalue weighted by Crippen LogP contribution is -2.42. The van der Waals surface area contributed by atoms with Crippen LogP contribution in [0.15, 0.2) is 72.8 Å². The summed E-state index contributed by atoms with van der Waals surface area (Å²) in [6.07, 6.45) is 2.73. The predicted molar refractivity (Wildman–Crippen MR) is 164 cm³/mol. The van der Waals surface area contributed by atoms with E-state index in [2.05, 4.69) is 10.6 Å². The second kappa shape index (κ2) is 14.8. The van der Waals surface area contributed by atoms with Crippen LogP contribution in [-0.4, -0.2) is 64.1 Å². The molecule has 2 amide bonds. The van der Waals surface area contributed by atoms with Gasteiger partial charge in [-0.05, 0) is 67.5 Å². The minimum absolute atomic E-state index is 0.0905. The molecule has 1 aliphatic heterocycles. The van der Waals surface area contributed by atoms with Crippen molar-refractivity contribution in [2.45, 2.75) is 32.1 Å². The van der Waals surface area contributed by atoms with Crippen molar-refractivity contribution in [3.05, 3.63) is 89.5 Å². The van der Waals surface area contributed by atoms with Crippen molar-refractivity contribution in [2.75, 3.05) is 44.9 Å². The van der Waals surface area contributed by atoms with Gasteiger partial charge in [0.05, 0.1) is 31.2 Å². The molecule has 9 nitrogen and oxygen atoms in total. The normalized spacial score (nSPS) is 14.2. The summed E-state index contributed by atoms with van der Waals surface area (Å²) in [6.45, 7) is 1.02. The number of nitrogens with one attached hydrogen (secondary N) is 2. The first kappa shape index (κ1) is 31.1. The van der Waals surface area contributed by atoms with E-state index in [-0.39, 0.29) is 23.5 Å². The van der Waals surface area contributed by atoms with Gasteiger partial charge in [-0.1, -0.05) is 48.5 Å². The molecule has 0 radical (unpaired) electrons. The minimum Gasteiger partial charge on any atom is -0.493 e. The summed E-state index contributed by atoms with van der Waals surface area (Å²) in [7, 11) is -0.223. The molecule has 0 saturated carbocycles. The highest BCUT2D eigenvalue weighted by Gasteiger charge is 2.31. The fourth-order valence-corrected chi connectivity index (χ4v) is 6.64. The number of methoxy groups -OCH3 is 2. The second-order valence-electron chi connectivity index (χ2n) is 10.3. The second-order valence-corrected chi connectivity index (χ2v) is 12.4. The van der Waals surface area contributed by atoms with E-state index >= 15 is 0 Å². The first-order chi connectivity index (χ1) is 20.3. The maximum absolute atomic E-state index is 13.1. The number of anilines is 1. The Morgan fingerprint density at radius 2 is 1.55 bits per heavy atom. The van der Waals surface area contributed by atoms with Gasteiger partial charge >= 0.3 is 0 Å². The van der Waals surface area contributed by atoms with Crippen LogP contribution in [0.25, 0.3) is 0 Å². The van der Waals surface area contributed by atoms with Crippen molar-refractivity contribution in [1.29, 1.82) is 0 Å². The number of amides is 2. The maximum Gasteiger partial charge on any atom is 0.253 e. The van der Waals surface area contributed by atoms with Crippen molar-refractivity contribution in [3.8, 4) is 11.5 Å². The number of para-hydroxylation sites is 1. The van der Waals surface area contributed by atoms with E-state index in [4.69, 9.17) is 9.47 Å². The topological polar surface area (TPSA) is 114 Å². The van der Waals surface area contributed by atoms with Crippen LogP contribution in [0.4, 0.5) is 5.69 Å². The summed E-state index contributed by atoms with van der Waals surface area (Å²) < 4.78 is 37.9. The predicted octanol–water partition coefficient (Wildman–Crippen LogP) is 4.29. The molecule has 0 bridgehead atoms. The Morgan fingerprint density at radius 1 is 0.857 bits per heavy atom. The van der Waals surface area contributed by atoms with Crippen molar-refractivity contribution >= 4 is 27.5 Å². The van der Waals surface area contributed by atoms with Crippen molar-refractivity contribution < 1.29 is 27.5 Å². The van der Waals surface area contributed by atoms with E-state index in [1.54, 1.807) is 38.5 Å². The van der Waals surface area contributed by atoms with E-state index in [1.165, 1.54) is 4.31 Å². The summed E-state index contributed by atoms with van der Waals surface area (Å²) in [4.78, 5) is 26.1. The van der Waals surface area contributed by atoms with Crippen LogP contribution in [0.1, 0.15) is 40.7 Å². The molecule has 4 rings (SSSR count). The van der Waals surface area contributed by atoms with Crippen LogP contribution < -0.4 is 20.1 Å².